The second-order valence-corrected chi connectivity index (χ2v) is 6.87. The summed E-state index contributed by atoms with van der Waals surface area (Å²) in [5, 5.41) is 4.23. The number of carbonyl (C=O) groups is 1. The Kier molecular flexibility index (Phi) is 5.58. The van der Waals surface area contributed by atoms with Crippen molar-refractivity contribution >= 4 is 46.0 Å². The Balaban J connectivity index is 1.71. The number of methoxy groups -OCH3 is 2. The van der Waals surface area contributed by atoms with E-state index in [2.05, 4.69) is 10.3 Å². The maximum atomic E-state index is 12.3. The largest absolute Gasteiger partial charge is 0.497 e. The van der Waals surface area contributed by atoms with Crippen molar-refractivity contribution in [3.63, 3.8) is 0 Å². The van der Waals surface area contributed by atoms with Crippen LogP contribution < -0.4 is 14.8 Å². The van der Waals surface area contributed by atoms with Crippen LogP contribution in [0.1, 0.15) is 0 Å². The maximum Gasteiger partial charge on any atom is 0.234 e. The number of imidazole rings is 1. The summed E-state index contributed by atoms with van der Waals surface area (Å²) in [4.78, 5) is 16.9. The van der Waals surface area contributed by atoms with Gasteiger partial charge in [0.2, 0.25) is 5.91 Å². The lowest BCUT2D eigenvalue weighted by molar-refractivity contribution is -0.113. The van der Waals surface area contributed by atoms with Gasteiger partial charge in [-0.15, -0.1) is 0 Å². The first-order valence-corrected chi connectivity index (χ1v) is 9.15. The second kappa shape index (κ2) is 7.88. The summed E-state index contributed by atoms with van der Waals surface area (Å²) < 4.78 is 12.4. The minimum atomic E-state index is -0.161. The van der Waals surface area contributed by atoms with E-state index in [1.807, 2.05) is 29.8 Å². The lowest BCUT2D eigenvalue weighted by atomic mass is 10.2. The van der Waals surface area contributed by atoms with Crippen molar-refractivity contribution in [2.75, 3.05) is 25.3 Å². The highest BCUT2D eigenvalue weighted by Gasteiger charge is 2.13. The molecule has 1 N–H and O–H groups in total. The van der Waals surface area contributed by atoms with E-state index in [0.29, 0.717) is 22.2 Å². The first-order chi connectivity index (χ1) is 12.5. The number of anilines is 1. The summed E-state index contributed by atoms with van der Waals surface area (Å²) in [6, 6.07) is 10.8. The van der Waals surface area contributed by atoms with Gasteiger partial charge in [0, 0.05) is 18.1 Å². The van der Waals surface area contributed by atoms with E-state index in [9.17, 15) is 4.79 Å². The molecule has 136 valence electrons. The molecule has 0 saturated heterocycles. The zero-order valence-electron chi connectivity index (χ0n) is 14.6. The molecule has 0 spiro atoms. The number of halogens is 1. The molecule has 6 nitrogen and oxygen atoms in total. The van der Waals surface area contributed by atoms with Gasteiger partial charge < -0.3 is 19.4 Å². The number of aryl methyl sites for hydroxylation is 1. The van der Waals surface area contributed by atoms with Crippen molar-refractivity contribution in [3.8, 4) is 11.5 Å². The van der Waals surface area contributed by atoms with Crippen molar-refractivity contribution in [2.24, 2.45) is 7.05 Å². The molecule has 8 heteroatoms. The Labute approximate surface area is 160 Å². The number of hydrogen-bond acceptors (Lipinski definition) is 5. The van der Waals surface area contributed by atoms with Crippen LogP contribution in [-0.2, 0) is 11.8 Å². The number of nitrogens with zero attached hydrogens (tertiary/aromatic N) is 2. The molecule has 0 aliphatic rings. The van der Waals surface area contributed by atoms with E-state index >= 15 is 0 Å². The molecular formula is C18H18ClN3O3S. The van der Waals surface area contributed by atoms with E-state index in [1.165, 1.54) is 11.8 Å². The number of fused-ring (bicyclic) bond motifs is 1. The molecule has 1 aromatic heterocycles. The van der Waals surface area contributed by atoms with Crippen LogP contribution in [0.2, 0.25) is 5.02 Å². The fourth-order valence-corrected chi connectivity index (χ4v) is 3.46. The molecule has 3 aromatic rings. The molecule has 3 rings (SSSR count). The molecule has 1 amide bonds. The van der Waals surface area contributed by atoms with Gasteiger partial charge in [-0.05, 0) is 30.3 Å². The van der Waals surface area contributed by atoms with Gasteiger partial charge >= 0.3 is 0 Å². The van der Waals surface area contributed by atoms with E-state index in [0.717, 1.165) is 16.2 Å². The van der Waals surface area contributed by atoms with Gasteiger partial charge in [-0.2, -0.15) is 0 Å². The molecule has 0 bridgehead atoms. The number of thioether (sulfide) groups is 1. The third-order valence-electron chi connectivity index (χ3n) is 3.81. The summed E-state index contributed by atoms with van der Waals surface area (Å²) in [5.74, 6) is 1.26. The third-order valence-corrected chi connectivity index (χ3v) is 5.08. The second-order valence-electron chi connectivity index (χ2n) is 5.49. The summed E-state index contributed by atoms with van der Waals surface area (Å²) in [6.45, 7) is 0. The molecular weight excluding hydrogens is 374 g/mol. The molecule has 0 fully saturated rings. The molecule has 0 atom stereocenters. The van der Waals surface area contributed by atoms with E-state index < -0.39 is 0 Å². The highest BCUT2D eigenvalue weighted by molar-refractivity contribution is 7.99. The Morgan fingerprint density at radius 1 is 1.23 bits per heavy atom. The predicted octanol–water partition coefficient (Wildman–Crippen LogP) is 3.97. The Morgan fingerprint density at radius 2 is 2.04 bits per heavy atom. The fraction of sp³-hybridized carbons (Fsp3) is 0.222. The summed E-state index contributed by atoms with van der Waals surface area (Å²) in [5.41, 5.74) is 2.33. The number of carbonyl (C=O) groups excluding carboxylic acids is 1. The molecule has 0 unspecified atom stereocenters. The average Bonchev–Trinajstić information content (AvgIpc) is 2.95. The van der Waals surface area contributed by atoms with Crippen LogP contribution in [0.4, 0.5) is 5.69 Å². The number of nitrogens with one attached hydrogen (secondary N) is 1. The SMILES string of the molecule is COc1ccc(OC)c(NC(=O)CSc2nc3cc(Cl)ccc3n2C)c1. The van der Waals surface area contributed by atoms with Crippen molar-refractivity contribution in [2.45, 2.75) is 5.16 Å². The van der Waals surface area contributed by atoms with Gasteiger partial charge in [0.25, 0.3) is 0 Å². The van der Waals surface area contributed by atoms with Crippen molar-refractivity contribution in [3.05, 3.63) is 41.4 Å². The van der Waals surface area contributed by atoms with Gasteiger partial charge in [0.15, 0.2) is 5.16 Å². The van der Waals surface area contributed by atoms with Crippen molar-refractivity contribution < 1.29 is 14.3 Å². The first-order valence-electron chi connectivity index (χ1n) is 7.78. The van der Waals surface area contributed by atoms with Crippen LogP contribution in [-0.4, -0.2) is 35.4 Å². The highest BCUT2D eigenvalue weighted by Crippen LogP contribution is 2.30. The van der Waals surface area contributed by atoms with Crippen molar-refractivity contribution in [1.29, 1.82) is 0 Å². The molecule has 26 heavy (non-hydrogen) atoms. The summed E-state index contributed by atoms with van der Waals surface area (Å²) >= 11 is 7.36. The minimum Gasteiger partial charge on any atom is -0.497 e. The molecule has 0 radical (unpaired) electrons. The minimum absolute atomic E-state index is 0.161. The van der Waals surface area contributed by atoms with Gasteiger partial charge in [-0.25, -0.2) is 4.98 Å². The van der Waals surface area contributed by atoms with Gasteiger partial charge in [-0.1, -0.05) is 23.4 Å². The average molecular weight is 392 g/mol. The monoisotopic (exact) mass is 391 g/mol. The van der Waals surface area contributed by atoms with Crippen LogP contribution >= 0.6 is 23.4 Å². The number of benzene rings is 2. The number of aromatic nitrogens is 2. The van der Waals surface area contributed by atoms with Gasteiger partial charge in [0.1, 0.15) is 11.5 Å². The van der Waals surface area contributed by atoms with Crippen LogP contribution in [0.15, 0.2) is 41.6 Å². The normalized spacial score (nSPS) is 10.8. The molecule has 0 aliphatic carbocycles. The topological polar surface area (TPSA) is 65.4 Å². The lowest BCUT2D eigenvalue weighted by Crippen LogP contribution is -2.15. The highest BCUT2D eigenvalue weighted by atomic mass is 35.5. The smallest absolute Gasteiger partial charge is 0.234 e. The number of ether oxygens (including phenoxy) is 2. The summed E-state index contributed by atoms with van der Waals surface area (Å²) in [7, 11) is 5.03. The fourth-order valence-electron chi connectivity index (χ4n) is 2.51. The van der Waals surface area contributed by atoms with Crippen LogP contribution in [0.5, 0.6) is 11.5 Å². The maximum absolute atomic E-state index is 12.3. The lowest BCUT2D eigenvalue weighted by Gasteiger charge is -2.11. The zero-order chi connectivity index (χ0) is 18.7. The first kappa shape index (κ1) is 18.4. The van der Waals surface area contributed by atoms with Crippen LogP contribution in [0, 0.1) is 0 Å². The Morgan fingerprint density at radius 3 is 2.77 bits per heavy atom. The van der Waals surface area contributed by atoms with Gasteiger partial charge in [0.05, 0.1) is 36.7 Å². The van der Waals surface area contributed by atoms with E-state index in [-0.39, 0.29) is 11.7 Å². The quantitative estimate of drug-likeness (QED) is 0.644. The standard InChI is InChI=1S/C18H18ClN3O3S/c1-22-15-6-4-11(19)8-13(15)21-18(22)26-10-17(23)20-14-9-12(24-2)5-7-16(14)25-3/h4-9H,10H2,1-3H3,(H,20,23). The van der Waals surface area contributed by atoms with Gasteiger partial charge in [-0.3, -0.25) is 4.79 Å². The number of amides is 1. The Hall–Kier alpha value is -2.38. The molecule has 1 heterocycles. The third kappa shape index (κ3) is 3.89. The number of hydrogen-bond donors (Lipinski definition) is 1. The Bertz CT molecular complexity index is 958. The van der Waals surface area contributed by atoms with Crippen LogP contribution in [0.3, 0.4) is 0 Å². The van der Waals surface area contributed by atoms with E-state index in [1.54, 1.807) is 32.4 Å². The van der Waals surface area contributed by atoms with Crippen molar-refractivity contribution in [1.82, 2.24) is 9.55 Å². The van der Waals surface area contributed by atoms with E-state index in [4.69, 9.17) is 21.1 Å². The summed E-state index contributed by atoms with van der Waals surface area (Å²) in [6.07, 6.45) is 0. The molecule has 0 saturated carbocycles. The number of rotatable bonds is 6. The molecule has 2 aromatic carbocycles. The zero-order valence-corrected chi connectivity index (χ0v) is 16.1. The predicted molar refractivity (Wildman–Crippen MR) is 105 cm³/mol. The van der Waals surface area contributed by atoms with Crippen LogP contribution in [0.25, 0.3) is 11.0 Å². The molecule has 0 aliphatic heterocycles.